The van der Waals surface area contributed by atoms with Gasteiger partial charge in [-0.05, 0) is 35.9 Å². The van der Waals surface area contributed by atoms with Crippen molar-refractivity contribution in [1.82, 2.24) is 10.2 Å². The molecule has 2 N–H and O–H groups in total. The third-order valence-electron chi connectivity index (χ3n) is 2.98. The van der Waals surface area contributed by atoms with Gasteiger partial charge in [0.1, 0.15) is 0 Å². The van der Waals surface area contributed by atoms with Crippen molar-refractivity contribution in [2.45, 2.75) is 6.42 Å². The maximum atomic E-state index is 12.0. The minimum atomic E-state index is -0.0740. The Bertz CT molecular complexity index is 766. The minimum Gasteiger partial charge on any atom is -0.326 e. The van der Waals surface area contributed by atoms with Crippen molar-refractivity contribution in [1.29, 1.82) is 0 Å². The number of hydrogen-bond acceptors (Lipinski definition) is 2. The summed E-state index contributed by atoms with van der Waals surface area (Å²) in [4.78, 5) is 12.0. The summed E-state index contributed by atoms with van der Waals surface area (Å²) in [7, 11) is 0. The lowest BCUT2D eigenvalue weighted by Gasteiger charge is -2.05. The van der Waals surface area contributed by atoms with Gasteiger partial charge in [-0.2, -0.15) is 5.10 Å². The number of hydrogen-bond donors (Lipinski definition) is 2. The fourth-order valence-electron chi connectivity index (χ4n) is 2.06. The largest absolute Gasteiger partial charge is 0.326 e. The van der Waals surface area contributed by atoms with Gasteiger partial charge < -0.3 is 5.32 Å². The standard InChI is InChI=1S/C15H12ClN3O/c16-12-3-1-2-10(6-12)7-15(20)18-13-4-5-14-11(8-13)9-17-19-14/h1-6,8-9H,7H2,(H,17,19)(H,18,20). The van der Waals surface area contributed by atoms with Gasteiger partial charge in [0.15, 0.2) is 0 Å². The van der Waals surface area contributed by atoms with E-state index in [0.29, 0.717) is 11.4 Å². The van der Waals surface area contributed by atoms with E-state index in [9.17, 15) is 4.79 Å². The van der Waals surface area contributed by atoms with Gasteiger partial charge in [0.25, 0.3) is 0 Å². The number of benzene rings is 2. The Morgan fingerprint density at radius 2 is 2.15 bits per heavy atom. The van der Waals surface area contributed by atoms with Gasteiger partial charge in [-0.25, -0.2) is 0 Å². The number of H-pyrrole nitrogens is 1. The number of carbonyl (C=O) groups is 1. The Labute approximate surface area is 120 Å². The Kier molecular flexibility index (Phi) is 3.39. The van der Waals surface area contributed by atoms with E-state index in [-0.39, 0.29) is 5.91 Å². The number of nitrogens with zero attached hydrogens (tertiary/aromatic N) is 1. The predicted octanol–water partition coefficient (Wildman–Crippen LogP) is 3.40. The molecule has 100 valence electrons. The molecule has 1 aromatic heterocycles. The van der Waals surface area contributed by atoms with Crippen LogP contribution in [0.1, 0.15) is 5.56 Å². The molecule has 0 unspecified atom stereocenters. The number of rotatable bonds is 3. The molecule has 1 heterocycles. The molecule has 0 atom stereocenters. The highest BCUT2D eigenvalue weighted by molar-refractivity contribution is 6.30. The maximum Gasteiger partial charge on any atom is 0.228 e. The molecule has 5 heteroatoms. The maximum absolute atomic E-state index is 12.0. The van der Waals surface area contributed by atoms with Crippen LogP contribution in [0.5, 0.6) is 0 Å². The average Bonchev–Trinajstić information content (AvgIpc) is 2.86. The van der Waals surface area contributed by atoms with Crippen LogP contribution in [0, 0.1) is 0 Å². The van der Waals surface area contributed by atoms with E-state index in [1.807, 2.05) is 30.3 Å². The Hall–Kier alpha value is -2.33. The van der Waals surface area contributed by atoms with Crippen LogP contribution in [0.4, 0.5) is 5.69 Å². The zero-order valence-electron chi connectivity index (χ0n) is 10.6. The number of halogens is 1. The van der Waals surface area contributed by atoms with Gasteiger partial charge in [-0.1, -0.05) is 23.7 Å². The number of carbonyl (C=O) groups excluding carboxylic acids is 1. The van der Waals surface area contributed by atoms with Crippen LogP contribution in [0.25, 0.3) is 10.9 Å². The summed E-state index contributed by atoms with van der Waals surface area (Å²) in [5, 5.41) is 11.3. The second kappa shape index (κ2) is 5.35. The highest BCUT2D eigenvalue weighted by Gasteiger charge is 2.05. The Morgan fingerprint density at radius 1 is 1.25 bits per heavy atom. The monoisotopic (exact) mass is 285 g/mol. The van der Waals surface area contributed by atoms with E-state index >= 15 is 0 Å². The van der Waals surface area contributed by atoms with Gasteiger partial charge in [0, 0.05) is 16.1 Å². The molecule has 3 rings (SSSR count). The lowest BCUT2D eigenvalue weighted by molar-refractivity contribution is -0.115. The molecule has 0 fully saturated rings. The Morgan fingerprint density at radius 3 is 3.00 bits per heavy atom. The van der Waals surface area contributed by atoms with Crippen LogP contribution in [-0.2, 0) is 11.2 Å². The normalized spacial score (nSPS) is 10.7. The van der Waals surface area contributed by atoms with Gasteiger partial charge in [0.2, 0.25) is 5.91 Å². The van der Waals surface area contributed by atoms with E-state index in [4.69, 9.17) is 11.6 Å². The number of nitrogens with one attached hydrogen (secondary N) is 2. The van der Waals surface area contributed by atoms with E-state index < -0.39 is 0 Å². The van der Waals surface area contributed by atoms with Crippen molar-refractivity contribution in [2.75, 3.05) is 5.32 Å². The molecular formula is C15H12ClN3O. The molecule has 0 aliphatic carbocycles. The highest BCUT2D eigenvalue weighted by atomic mass is 35.5. The molecule has 2 aromatic carbocycles. The summed E-state index contributed by atoms with van der Waals surface area (Å²) in [5.41, 5.74) is 2.59. The SMILES string of the molecule is O=C(Cc1cccc(Cl)c1)Nc1ccc2[nH]ncc2c1. The van der Waals surface area contributed by atoms with Crippen molar-refractivity contribution >= 4 is 34.1 Å². The van der Waals surface area contributed by atoms with E-state index in [1.165, 1.54) is 0 Å². The number of aromatic nitrogens is 2. The second-order valence-electron chi connectivity index (χ2n) is 4.53. The summed E-state index contributed by atoms with van der Waals surface area (Å²) < 4.78 is 0. The van der Waals surface area contributed by atoms with Crippen LogP contribution in [-0.4, -0.2) is 16.1 Å². The number of fused-ring (bicyclic) bond motifs is 1. The lowest BCUT2D eigenvalue weighted by atomic mass is 10.1. The molecule has 0 bridgehead atoms. The quantitative estimate of drug-likeness (QED) is 0.775. The number of aromatic amines is 1. The van der Waals surface area contributed by atoms with Crippen molar-refractivity contribution in [3.63, 3.8) is 0 Å². The summed E-state index contributed by atoms with van der Waals surface area (Å²) in [6.45, 7) is 0. The first-order chi connectivity index (χ1) is 9.70. The van der Waals surface area contributed by atoms with E-state index in [1.54, 1.807) is 18.3 Å². The first-order valence-corrected chi connectivity index (χ1v) is 6.56. The van der Waals surface area contributed by atoms with Gasteiger partial charge in [-0.3, -0.25) is 9.89 Å². The summed E-state index contributed by atoms with van der Waals surface area (Å²) in [5.74, 6) is -0.0740. The molecule has 0 aliphatic rings. The Balaban J connectivity index is 1.72. The molecule has 1 amide bonds. The van der Waals surface area contributed by atoms with Crippen LogP contribution in [0.15, 0.2) is 48.7 Å². The number of amides is 1. The minimum absolute atomic E-state index is 0.0740. The molecule has 3 aromatic rings. The van der Waals surface area contributed by atoms with Crippen LogP contribution < -0.4 is 5.32 Å². The van der Waals surface area contributed by atoms with Crippen molar-refractivity contribution < 1.29 is 4.79 Å². The first-order valence-electron chi connectivity index (χ1n) is 6.18. The smallest absolute Gasteiger partial charge is 0.228 e. The fourth-order valence-corrected chi connectivity index (χ4v) is 2.27. The van der Waals surface area contributed by atoms with Gasteiger partial charge in [-0.15, -0.1) is 0 Å². The van der Waals surface area contributed by atoms with E-state index in [0.717, 1.165) is 22.2 Å². The van der Waals surface area contributed by atoms with E-state index in [2.05, 4.69) is 15.5 Å². The molecule has 0 aliphatic heterocycles. The molecule has 4 nitrogen and oxygen atoms in total. The average molecular weight is 286 g/mol. The third-order valence-corrected chi connectivity index (χ3v) is 3.21. The zero-order chi connectivity index (χ0) is 13.9. The molecule has 0 saturated carbocycles. The zero-order valence-corrected chi connectivity index (χ0v) is 11.3. The predicted molar refractivity (Wildman–Crippen MR) is 79.9 cm³/mol. The number of anilines is 1. The lowest BCUT2D eigenvalue weighted by Crippen LogP contribution is -2.14. The van der Waals surface area contributed by atoms with Crippen molar-refractivity contribution in [3.05, 3.63) is 59.2 Å². The van der Waals surface area contributed by atoms with Crippen LogP contribution in [0.3, 0.4) is 0 Å². The van der Waals surface area contributed by atoms with Gasteiger partial charge in [0.05, 0.1) is 18.1 Å². The summed E-state index contributed by atoms with van der Waals surface area (Å²) >= 11 is 5.90. The summed E-state index contributed by atoms with van der Waals surface area (Å²) in [6.07, 6.45) is 2.02. The van der Waals surface area contributed by atoms with Crippen LogP contribution >= 0.6 is 11.6 Å². The third kappa shape index (κ3) is 2.81. The fraction of sp³-hybridized carbons (Fsp3) is 0.0667. The molecular weight excluding hydrogens is 274 g/mol. The van der Waals surface area contributed by atoms with Crippen molar-refractivity contribution in [2.24, 2.45) is 0 Å². The molecule has 0 spiro atoms. The first kappa shape index (κ1) is 12.7. The van der Waals surface area contributed by atoms with Gasteiger partial charge >= 0.3 is 0 Å². The van der Waals surface area contributed by atoms with Crippen molar-refractivity contribution in [3.8, 4) is 0 Å². The molecule has 0 radical (unpaired) electrons. The summed E-state index contributed by atoms with van der Waals surface area (Å²) in [6, 6.07) is 12.9. The topological polar surface area (TPSA) is 57.8 Å². The molecule has 0 saturated heterocycles. The highest BCUT2D eigenvalue weighted by Crippen LogP contribution is 2.17. The van der Waals surface area contributed by atoms with Crippen LogP contribution in [0.2, 0.25) is 5.02 Å². The second-order valence-corrected chi connectivity index (χ2v) is 4.96. The molecule has 20 heavy (non-hydrogen) atoms.